The number of nitrogens with one attached hydrogen (secondary N) is 1. The average Bonchev–Trinajstić information content (AvgIpc) is 2.76. The number of carbonyl (C=O) groups is 1. The minimum absolute atomic E-state index is 0.0598. The van der Waals surface area contributed by atoms with Crippen molar-refractivity contribution in [3.63, 3.8) is 0 Å². The molecule has 0 fully saturated rings. The highest BCUT2D eigenvalue weighted by Gasteiger charge is 2.34. The predicted molar refractivity (Wildman–Crippen MR) is 81.8 cm³/mol. The molecule has 1 aromatic heterocycles. The molecule has 2 aromatic rings. The van der Waals surface area contributed by atoms with Gasteiger partial charge in [0.1, 0.15) is 5.76 Å². The third kappa shape index (κ3) is 4.65. The monoisotopic (exact) mass is 364 g/mol. The van der Waals surface area contributed by atoms with Crippen LogP contribution in [-0.4, -0.2) is 16.6 Å². The number of aromatic nitrogens is 1. The summed E-state index contributed by atoms with van der Waals surface area (Å²) in [5, 5.41) is 2.46. The second-order valence-electron chi connectivity index (χ2n) is 4.65. The van der Waals surface area contributed by atoms with E-state index in [-0.39, 0.29) is 16.5 Å². The van der Waals surface area contributed by atoms with Gasteiger partial charge in [-0.25, -0.2) is 4.98 Å². The maximum atomic E-state index is 12.9. The molecule has 1 aromatic carbocycles. The lowest BCUT2D eigenvalue weighted by Crippen LogP contribution is -2.18. The minimum Gasteiger partial charge on any atom is -0.437 e. The first kappa shape index (κ1) is 17.7. The predicted octanol–water partition coefficient (Wildman–Crippen LogP) is 4.69. The molecular formula is C14H12ClF3N2O2S. The van der Waals surface area contributed by atoms with E-state index in [9.17, 15) is 18.0 Å². The van der Waals surface area contributed by atoms with Crippen molar-refractivity contribution in [2.75, 3.05) is 11.1 Å². The van der Waals surface area contributed by atoms with Crippen molar-refractivity contribution in [1.82, 2.24) is 4.98 Å². The van der Waals surface area contributed by atoms with Gasteiger partial charge < -0.3 is 9.73 Å². The van der Waals surface area contributed by atoms with E-state index in [2.05, 4.69) is 10.3 Å². The summed E-state index contributed by atoms with van der Waals surface area (Å²) in [4.78, 5) is 15.9. The van der Waals surface area contributed by atoms with Gasteiger partial charge in [0.2, 0.25) is 5.91 Å². The zero-order valence-electron chi connectivity index (χ0n) is 12.1. The molecule has 0 saturated carbocycles. The minimum atomic E-state index is -4.61. The maximum absolute atomic E-state index is 12.9. The molecule has 0 saturated heterocycles. The van der Waals surface area contributed by atoms with Crippen LogP contribution >= 0.6 is 23.4 Å². The molecule has 0 aliphatic rings. The lowest BCUT2D eigenvalue weighted by atomic mass is 10.1. The van der Waals surface area contributed by atoms with E-state index in [1.54, 1.807) is 13.8 Å². The number of nitrogens with zero attached hydrogens (tertiary/aromatic N) is 1. The topological polar surface area (TPSA) is 55.1 Å². The van der Waals surface area contributed by atoms with E-state index in [1.807, 2.05) is 0 Å². The van der Waals surface area contributed by atoms with Crippen LogP contribution in [0, 0.1) is 13.8 Å². The van der Waals surface area contributed by atoms with Crippen molar-refractivity contribution in [3.8, 4) is 0 Å². The Morgan fingerprint density at radius 1 is 1.39 bits per heavy atom. The molecule has 23 heavy (non-hydrogen) atoms. The molecule has 1 heterocycles. The Labute approximate surface area is 139 Å². The van der Waals surface area contributed by atoms with Crippen molar-refractivity contribution in [1.29, 1.82) is 0 Å². The summed E-state index contributed by atoms with van der Waals surface area (Å²) in [5.41, 5.74) is -0.636. The molecule has 0 unspecified atom stereocenters. The molecule has 0 spiro atoms. The van der Waals surface area contributed by atoms with E-state index < -0.39 is 17.6 Å². The Balaban J connectivity index is 2.05. The second kappa shape index (κ2) is 6.84. The molecule has 1 amide bonds. The lowest BCUT2D eigenvalue weighted by Gasteiger charge is -2.13. The summed E-state index contributed by atoms with van der Waals surface area (Å²) >= 11 is 6.58. The molecule has 0 radical (unpaired) electrons. The SMILES string of the molecule is Cc1nc(SCC(=O)Nc2ccc(Cl)cc2C(F)(F)F)oc1C. The number of thioether (sulfide) groups is 1. The first-order valence-corrected chi connectivity index (χ1v) is 7.76. The van der Waals surface area contributed by atoms with Gasteiger partial charge in [0.05, 0.1) is 22.7 Å². The van der Waals surface area contributed by atoms with Crippen LogP contribution in [0.1, 0.15) is 17.0 Å². The van der Waals surface area contributed by atoms with E-state index in [0.717, 1.165) is 23.9 Å². The quantitative estimate of drug-likeness (QED) is 0.799. The highest BCUT2D eigenvalue weighted by Crippen LogP contribution is 2.36. The van der Waals surface area contributed by atoms with Gasteiger partial charge in [0, 0.05) is 5.02 Å². The molecule has 4 nitrogen and oxygen atoms in total. The molecule has 0 atom stereocenters. The summed E-state index contributed by atoms with van der Waals surface area (Å²) in [6, 6.07) is 3.17. The van der Waals surface area contributed by atoms with Crippen LogP contribution < -0.4 is 5.32 Å². The van der Waals surface area contributed by atoms with Crippen molar-refractivity contribution >= 4 is 35.0 Å². The molecule has 0 aliphatic heterocycles. The van der Waals surface area contributed by atoms with E-state index in [4.69, 9.17) is 16.0 Å². The number of amides is 1. The average molecular weight is 365 g/mol. The van der Waals surface area contributed by atoms with E-state index in [0.29, 0.717) is 16.7 Å². The van der Waals surface area contributed by atoms with Crippen LogP contribution in [0.5, 0.6) is 0 Å². The first-order valence-electron chi connectivity index (χ1n) is 6.40. The van der Waals surface area contributed by atoms with Crippen molar-refractivity contribution in [3.05, 3.63) is 40.2 Å². The number of alkyl halides is 3. The van der Waals surface area contributed by atoms with Crippen LogP contribution in [0.4, 0.5) is 18.9 Å². The molecule has 9 heteroatoms. The zero-order valence-corrected chi connectivity index (χ0v) is 13.7. The summed E-state index contributed by atoms with van der Waals surface area (Å²) in [6.45, 7) is 3.49. The number of benzene rings is 1. The van der Waals surface area contributed by atoms with Gasteiger partial charge in [-0.3, -0.25) is 4.79 Å². The number of rotatable bonds is 4. The van der Waals surface area contributed by atoms with Gasteiger partial charge in [-0.15, -0.1) is 0 Å². The van der Waals surface area contributed by atoms with Crippen LogP contribution in [0.3, 0.4) is 0 Å². The summed E-state index contributed by atoms with van der Waals surface area (Å²) in [6.07, 6.45) is -4.61. The molecular weight excluding hydrogens is 353 g/mol. The standard InChI is InChI=1S/C14H12ClF3N2O2S/c1-7-8(2)22-13(19-7)23-6-12(21)20-11-4-3-9(15)5-10(11)14(16,17)18/h3-5H,6H2,1-2H3,(H,20,21). The fraction of sp³-hybridized carbons (Fsp3) is 0.286. The Hall–Kier alpha value is -1.67. The molecule has 1 N–H and O–H groups in total. The Bertz CT molecular complexity index is 712. The zero-order chi connectivity index (χ0) is 17.2. The van der Waals surface area contributed by atoms with Crippen LogP contribution in [-0.2, 0) is 11.0 Å². The van der Waals surface area contributed by atoms with Gasteiger partial charge in [-0.1, -0.05) is 23.4 Å². The fourth-order valence-corrected chi connectivity index (χ4v) is 2.56. The van der Waals surface area contributed by atoms with Crippen LogP contribution in [0.2, 0.25) is 5.02 Å². The van der Waals surface area contributed by atoms with Gasteiger partial charge in [0.15, 0.2) is 0 Å². The van der Waals surface area contributed by atoms with Crippen LogP contribution in [0.25, 0.3) is 0 Å². The second-order valence-corrected chi connectivity index (χ2v) is 6.01. The number of hydrogen-bond acceptors (Lipinski definition) is 4. The number of hydrogen-bond donors (Lipinski definition) is 1. The highest BCUT2D eigenvalue weighted by molar-refractivity contribution is 7.99. The Morgan fingerprint density at radius 2 is 2.09 bits per heavy atom. The van der Waals surface area contributed by atoms with Gasteiger partial charge in [-0.2, -0.15) is 13.2 Å². The largest absolute Gasteiger partial charge is 0.437 e. The number of aryl methyl sites for hydroxylation is 2. The Morgan fingerprint density at radius 3 is 2.65 bits per heavy atom. The van der Waals surface area contributed by atoms with Gasteiger partial charge in [0.25, 0.3) is 5.22 Å². The van der Waals surface area contributed by atoms with Crippen molar-refractivity contribution < 1.29 is 22.4 Å². The Kier molecular flexibility index (Phi) is 5.26. The summed E-state index contributed by atoms with van der Waals surface area (Å²) in [7, 11) is 0. The summed E-state index contributed by atoms with van der Waals surface area (Å²) in [5.74, 6) is -0.0967. The molecule has 124 valence electrons. The fourth-order valence-electron chi connectivity index (χ4n) is 1.68. The highest BCUT2D eigenvalue weighted by atomic mass is 35.5. The number of halogens is 4. The number of anilines is 1. The smallest absolute Gasteiger partial charge is 0.418 e. The molecule has 0 aliphatic carbocycles. The van der Waals surface area contributed by atoms with Crippen molar-refractivity contribution in [2.24, 2.45) is 0 Å². The first-order chi connectivity index (χ1) is 10.7. The molecule has 2 rings (SSSR count). The third-order valence-electron chi connectivity index (χ3n) is 2.90. The van der Waals surface area contributed by atoms with Gasteiger partial charge >= 0.3 is 6.18 Å². The lowest BCUT2D eigenvalue weighted by molar-refractivity contribution is -0.137. The van der Waals surface area contributed by atoms with Gasteiger partial charge in [-0.05, 0) is 32.0 Å². The molecule has 0 bridgehead atoms. The normalized spacial score (nSPS) is 11.6. The van der Waals surface area contributed by atoms with E-state index in [1.165, 1.54) is 6.07 Å². The van der Waals surface area contributed by atoms with Crippen molar-refractivity contribution in [2.45, 2.75) is 25.2 Å². The summed E-state index contributed by atoms with van der Waals surface area (Å²) < 4.78 is 44.1. The number of carbonyl (C=O) groups excluding carboxylic acids is 1. The van der Waals surface area contributed by atoms with Crippen LogP contribution in [0.15, 0.2) is 27.8 Å². The maximum Gasteiger partial charge on any atom is 0.418 e. The number of oxazole rings is 1. The van der Waals surface area contributed by atoms with E-state index >= 15 is 0 Å². The third-order valence-corrected chi connectivity index (χ3v) is 3.96.